The Bertz CT molecular complexity index is 1210. The zero-order valence-electron chi connectivity index (χ0n) is 18.4. The number of amides is 1. The SMILES string of the molecule is CCN(CC(=O)Nc1cc(S(=O)(=O)N(C)C)ccc1C)S(=O)(=O)c1ccc(OC)c(Cl)c1. The van der Waals surface area contributed by atoms with Gasteiger partial charge in [0.25, 0.3) is 0 Å². The van der Waals surface area contributed by atoms with Crippen LogP contribution in [0.3, 0.4) is 0 Å². The maximum Gasteiger partial charge on any atom is 0.243 e. The molecule has 0 aliphatic rings. The predicted octanol–water partition coefficient (Wildman–Crippen LogP) is 2.56. The van der Waals surface area contributed by atoms with Crippen molar-refractivity contribution < 1.29 is 26.4 Å². The maximum absolute atomic E-state index is 13.0. The monoisotopic (exact) mass is 503 g/mol. The molecule has 0 fully saturated rings. The second kappa shape index (κ2) is 10.2. The van der Waals surface area contributed by atoms with Crippen LogP contribution in [0.15, 0.2) is 46.2 Å². The van der Waals surface area contributed by atoms with Crippen molar-refractivity contribution in [2.24, 2.45) is 0 Å². The maximum atomic E-state index is 13.0. The number of ether oxygens (including phenoxy) is 1. The van der Waals surface area contributed by atoms with Gasteiger partial charge in [0.2, 0.25) is 26.0 Å². The van der Waals surface area contributed by atoms with Crippen LogP contribution in [0.4, 0.5) is 5.69 Å². The molecule has 2 aromatic carbocycles. The Morgan fingerprint density at radius 3 is 2.16 bits per heavy atom. The summed E-state index contributed by atoms with van der Waals surface area (Å²) in [5.41, 5.74) is 0.905. The van der Waals surface area contributed by atoms with Crippen molar-refractivity contribution in [2.75, 3.05) is 39.6 Å². The molecular weight excluding hydrogens is 478 g/mol. The van der Waals surface area contributed by atoms with Gasteiger partial charge in [-0.2, -0.15) is 4.31 Å². The first-order valence-corrected chi connectivity index (χ1v) is 12.8. The van der Waals surface area contributed by atoms with E-state index in [9.17, 15) is 21.6 Å². The molecule has 0 aromatic heterocycles. The Kier molecular flexibility index (Phi) is 8.29. The molecule has 32 heavy (non-hydrogen) atoms. The second-order valence-corrected chi connectivity index (χ2v) is 11.5. The highest BCUT2D eigenvalue weighted by Gasteiger charge is 2.26. The largest absolute Gasteiger partial charge is 0.495 e. The number of methoxy groups -OCH3 is 1. The number of carbonyl (C=O) groups excluding carboxylic acids is 1. The van der Waals surface area contributed by atoms with E-state index in [2.05, 4.69) is 5.32 Å². The lowest BCUT2D eigenvalue weighted by atomic mass is 10.2. The van der Waals surface area contributed by atoms with Crippen LogP contribution >= 0.6 is 11.6 Å². The summed E-state index contributed by atoms with van der Waals surface area (Å²) in [6, 6.07) is 8.40. The van der Waals surface area contributed by atoms with Crippen molar-refractivity contribution in [3.05, 3.63) is 47.0 Å². The van der Waals surface area contributed by atoms with Crippen molar-refractivity contribution in [1.82, 2.24) is 8.61 Å². The van der Waals surface area contributed by atoms with Gasteiger partial charge in [-0.1, -0.05) is 24.6 Å². The van der Waals surface area contributed by atoms with Crippen LogP contribution in [0.25, 0.3) is 0 Å². The highest BCUT2D eigenvalue weighted by molar-refractivity contribution is 7.89. The smallest absolute Gasteiger partial charge is 0.243 e. The Morgan fingerprint density at radius 1 is 1.03 bits per heavy atom. The number of likely N-dealkylation sites (N-methyl/N-ethyl adjacent to an activating group) is 1. The fraction of sp³-hybridized carbons (Fsp3) is 0.350. The second-order valence-electron chi connectivity index (χ2n) is 7.04. The lowest BCUT2D eigenvalue weighted by Crippen LogP contribution is -2.38. The highest BCUT2D eigenvalue weighted by atomic mass is 35.5. The minimum atomic E-state index is -4.01. The Balaban J connectivity index is 2.27. The Hall–Kier alpha value is -2.18. The van der Waals surface area contributed by atoms with Gasteiger partial charge in [-0.25, -0.2) is 21.1 Å². The molecule has 0 atom stereocenters. The molecule has 0 radical (unpaired) electrons. The number of carbonyl (C=O) groups is 1. The third-order valence-electron chi connectivity index (χ3n) is 4.70. The first kappa shape index (κ1) is 26.1. The summed E-state index contributed by atoms with van der Waals surface area (Å²) in [6.45, 7) is 2.88. The fourth-order valence-corrected chi connectivity index (χ4v) is 5.46. The van der Waals surface area contributed by atoms with Crippen molar-refractivity contribution in [1.29, 1.82) is 0 Å². The average molecular weight is 504 g/mol. The number of hydrogen-bond acceptors (Lipinski definition) is 6. The van der Waals surface area contributed by atoms with E-state index in [0.29, 0.717) is 11.3 Å². The minimum absolute atomic E-state index is 0.0104. The van der Waals surface area contributed by atoms with Gasteiger partial charge in [0, 0.05) is 26.3 Å². The van der Waals surface area contributed by atoms with E-state index in [4.69, 9.17) is 16.3 Å². The van der Waals surface area contributed by atoms with Gasteiger partial charge in [-0.05, 0) is 42.8 Å². The van der Waals surface area contributed by atoms with Crippen LogP contribution in [-0.2, 0) is 24.8 Å². The molecule has 2 aromatic rings. The first-order chi connectivity index (χ1) is 14.8. The molecule has 12 heteroatoms. The van der Waals surface area contributed by atoms with Gasteiger partial charge in [-0.3, -0.25) is 4.79 Å². The van der Waals surface area contributed by atoms with Crippen LogP contribution in [0, 0.1) is 6.92 Å². The first-order valence-electron chi connectivity index (χ1n) is 9.51. The predicted molar refractivity (Wildman–Crippen MR) is 123 cm³/mol. The van der Waals surface area contributed by atoms with E-state index in [1.54, 1.807) is 19.9 Å². The molecule has 0 saturated heterocycles. The molecule has 0 unspecified atom stereocenters. The molecule has 1 N–H and O–H groups in total. The fourth-order valence-electron chi connectivity index (χ4n) is 2.78. The van der Waals surface area contributed by atoms with Crippen molar-refractivity contribution >= 4 is 43.2 Å². The quantitative estimate of drug-likeness (QED) is 0.562. The van der Waals surface area contributed by atoms with E-state index in [0.717, 1.165) is 8.61 Å². The number of halogens is 1. The molecule has 0 aliphatic heterocycles. The summed E-state index contributed by atoms with van der Waals surface area (Å²) >= 11 is 6.05. The molecule has 1 amide bonds. The molecule has 0 spiro atoms. The van der Waals surface area contributed by atoms with Crippen molar-refractivity contribution in [3.63, 3.8) is 0 Å². The molecule has 0 bridgehead atoms. The number of nitrogens with one attached hydrogen (secondary N) is 1. The number of rotatable bonds is 9. The zero-order valence-corrected chi connectivity index (χ0v) is 20.8. The molecule has 0 aliphatic carbocycles. The van der Waals surface area contributed by atoms with Crippen molar-refractivity contribution in [3.8, 4) is 5.75 Å². The number of aryl methyl sites for hydroxylation is 1. The van der Waals surface area contributed by atoms with E-state index >= 15 is 0 Å². The Labute approximate surface area is 194 Å². The standard InChI is InChI=1S/C20H26ClN3O6S2/c1-6-24(32(28,29)15-9-10-19(30-5)17(21)11-15)13-20(25)22-18-12-16(8-7-14(18)2)31(26,27)23(3)4/h7-12H,6,13H2,1-5H3,(H,22,25). The minimum Gasteiger partial charge on any atom is -0.495 e. The van der Waals surface area contributed by atoms with Crippen LogP contribution in [0.5, 0.6) is 5.75 Å². The molecule has 9 nitrogen and oxygen atoms in total. The summed E-state index contributed by atoms with van der Waals surface area (Å²) < 4.78 is 57.8. The van der Waals surface area contributed by atoms with Crippen LogP contribution < -0.4 is 10.1 Å². The Morgan fingerprint density at radius 2 is 1.62 bits per heavy atom. The van der Waals surface area contributed by atoms with Gasteiger partial charge in [0.05, 0.1) is 28.5 Å². The molecular formula is C20H26ClN3O6S2. The third kappa shape index (κ3) is 5.59. The summed E-state index contributed by atoms with van der Waals surface area (Å²) in [4.78, 5) is 12.6. The van der Waals surface area contributed by atoms with Gasteiger partial charge < -0.3 is 10.1 Å². The summed E-state index contributed by atoms with van der Waals surface area (Å²) in [5, 5.41) is 2.73. The highest BCUT2D eigenvalue weighted by Crippen LogP contribution is 2.28. The molecule has 0 heterocycles. The molecule has 176 valence electrons. The topological polar surface area (TPSA) is 113 Å². The van der Waals surface area contributed by atoms with Gasteiger partial charge in [0.1, 0.15) is 5.75 Å². The lowest BCUT2D eigenvalue weighted by molar-refractivity contribution is -0.116. The normalized spacial score (nSPS) is 12.2. The summed E-state index contributed by atoms with van der Waals surface area (Å²) in [5.74, 6) is -0.285. The number of benzene rings is 2. The molecule has 2 rings (SSSR count). The van der Waals surface area contributed by atoms with Gasteiger partial charge >= 0.3 is 0 Å². The van der Waals surface area contributed by atoms with Crippen molar-refractivity contribution in [2.45, 2.75) is 23.6 Å². The lowest BCUT2D eigenvalue weighted by Gasteiger charge is -2.21. The van der Waals surface area contributed by atoms with E-state index in [1.807, 2.05) is 0 Å². The van der Waals surface area contributed by atoms with E-state index in [-0.39, 0.29) is 27.0 Å². The van der Waals surface area contributed by atoms with Crippen LogP contribution in [0.2, 0.25) is 5.02 Å². The van der Waals surface area contributed by atoms with Gasteiger partial charge in [-0.15, -0.1) is 0 Å². The number of hydrogen-bond donors (Lipinski definition) is 1. The molecule has 0 saturated carbocycles. The number of nitrogens with zero attached hydrogens (tertiary/aromatic N) is 2. The van der Waals surface area contributed by atoms with Gasteiger partial charge in [0.15, 0.2) is 0 Å². The van der Waals surface area contributed by atoms with E-state index in [1.165, 1.54) is 51.5 Å². The zero-order chi connectivity index (χ0) is 24.3. The number of sulfonamides is 2. The third-order valence-corrected chi connectivity index (χ3v) is 8.72. The summed E-state index contributed by atoms with van der Waals surface area (Å²) in [7, 11) is -3.48. The number of anilines is 1. The van der Waals surface area contributed by atoms with Crippen LogP contribution in [0.1, 0.15) is 12.5 Å². The van der Waals surface area contributed by atoms with E-state index < -0.39 is 32.5 Å². The summed E-state index contributed by atoms with van der Waals surface area (Å²) in [6.07, 6.45) is 0. The average Bonchev–Trinajstić information content (AvgIpc) is 2.73. The van der Waals surface area contributed by atoms with Crippen LogP contribution in [-0.4, -0.2) is 65.6 Å².